The van der Waals surface area contributed by atoms with Crippen molar-refractivity contribution >= 4 is 23.4 Å². The normalized spacial score (nSPS) is 37.3. The third-order valence-corrected chi connectivity index (χ3v) is 11.8. The Kier molecular flexibility index (Phi) is 6.72. The van der Waals surface area contributed by atoms with Gasteiger partial charge in [-0.2, -0.15) is 10.2 Å². The SMILES string of the molecule is N#Cc1cnc(NCc2ccccc2Cl)nc1NCC12CC3C[C@@H](C1)C(NCC14CCC(O)(CC1)CC4)[C@@H](C3)C2. The van der Waals surface area contributed by atoms with E-state index in [9.17, 15) is 10.4 Å². The molecule has 1 aromatic heterocycles. The van der Waals surface area contributed by atoms with Crippen molar-refractivity contribution in [3.8, 4) is 6.07 Å². The number of rotatable bonds is 9. The molecule has 7 aliphatic rings. The van der Waals surface area contributed by atoms with Crippen LogP contribution in [-0.4, -0.2) is 39.8 Å². The fraction of sp³-hybridized carbons (Fsp3) is 0.656. The number of nitrogens with one attached hydrogen (secondary N) is 3. The fourth-order valence-corrected chi connectivity index (χ4v) is 9.56. The molecule has 6 bridgehead atoms. The molecule has 0 radical (unpaired) electrons. The standard InChI is InChI=1S/C32H41ClN6O/c33-26-4-2-1-3-22(26)17-35-29-36-18-25(16-34)28(39-29)38-20-31-13-21-11-23(14-31)27(24(12-21)15-31)37-19-30-5-8-32(40,9-6-30)10-7-30/h1-4,18,21,23-24,27,37,40H,5-15,17,19-20H2,(H2,35,36,38,39)/t21?,23-,24-,27?,30?,31?,32?/m0/s1. The number of benzene rings is 1. The summed E-state index contributed by atoms with van der Waals surface area (Å²) in [4.78, 5) is 9.07. The molecule has 7 fully saturated rings. The average Bonchev–Trinajstić information content (AvgIpc) is 2.96. The second-order valence-electron chi connectivity index (χ2n) is 14.0. The molecule has 7 aliphatic carbocycles. The number of fused-ring (bicyclic) bond motifs is 3. The van der Waals surface area contributed by atoms with E-state index in [-0.39, 0.29) is 11.0 Å². The predicted octanol–water partition coefficient (Wildman–Crippen LogP) is 5.90. The van der Waals surface area contributed by atoms with E-state index in [1.165, 1.54) is 51.4 Å². The van der Waals surface area contributed by atoms with E-state index in [0.29, 0.717) is 40.4 Å². The molecule has 1 heterocycles. The van der Waals surface area contributed by atoms with Crippen LogP contribution in [0.5, 0.6) is 0 Å². The number of halogens is 1. The summed E-state index contributed by atoms with van der Waals surface area (Å²) in [6, 6.07) is 10.6. The minimum absolute atomic E-state index is 0.280. The zero-order chi connectivity index (χ0) is 27.4. The summed E-state index contributed by atoms with van der Waals surface area (Å²) in [5.41, 5.74) is 1.80. The summed E-state index contributed by atoms with van der Waals surface area (Å²) in [5.74, 6) is 3.42. The van der Waals surface area contributed by atoms with Crippen LogP contribution in [0.25, 0.3) is 0 Å². The van der Waals surface area contributed by atoms with Crippen LogP contribution < -0.4 is 16.0 Å². The average molecular weight is 561 g/mol. The third kappa shape index (κ3) is 4.97. The Morgan fingerprint density at radius 2 is 1.68 bits per heavy atom. The molecule has 7 nitrogen and oxygen atoms in total. The number of aliphatic hydroxyl groups is 1. The molecule has 0 unspecified atom stereocenters. The summed E-state index contributed by atoms with van der Waals surface area (Å²) >= 11 is 6.31. The first-order valence-electron chi connectivity index (χ1n) is 15.3. The van der Waals surface area contributed by atoms with E-state index in [2.05, 4.69) is 27.0 Å². The molecule has 8 heteroatoms. The highest BCUT2D eigenvalue weighted by Gasteiger charge is 2.56. The Labute approximate surface area is 242 Å². The molecule has 4 N–H and O–H groups in total. The maximum absolute atomic E-state index is 10.6. The molecule has 9 rings (SSSR count). The smallest absolute Gasteiger partial charge is 0.224 e. The van der Waals surface area contributed by atoms with Crippen molar-refractivity contribution in [2.24, 2.45) is 28.6 Å². The van der Waals surface area contributed by atoms with Gasteiger partial charge in [-0.25, -0.2) is 4.98 Å². The number of anilines is 2. The van der Waals surface area contributed by atoms with Gasteiger partial charge in [-0.05, 0) is 111 Å². The van der Waals surface area contributed by atoms with Crippen molar-refractivity contribution in [3.05, 3.63) is 46.6 Å². The van der Waals surface area contributed by atoms with Gasteiger partial charge in [0.05, 0.1) is 11.8 Å². The van der Waals surface area contributed by atoms with Gasteiger partial charge in [0.25, 0.3) is 0 Å². The number of hydrogen-bond acceptors (Lipinski definition) is 7. The van der Waals surface area contributed by atoms with Gasteiger partial charge in [-0.1, -0.05) is 29.8 Å². The van der Waals surface area contributed by atoms with E-state index in [4.69, 9.17) is 16.6 Å². The van der Waals surface area contributed by atoms with Crippen molar-refractivity contribution < 1.29 is 5.11 Å². The van der Waals surface area contributed by atoms with Crippen LogP contribution in [-0.2, 0) is 6.54 Å². The van der Waals surface area contributed by atoms with Gasteiger partial charge >= 0.3 is 0 Å². The fourth-order valence-electron chi connectivity index (χ4n) is 9.36. The lowest BCUT2D eigenvalue weighted by Crippen LogP contribution is -2.61. The molecule has 0 aliphatic heterocycles. The Balaban J connectivity index is 0.993. The second-order valence-corrected chi connectivity index (χ2v) is 14.4. The van der Waals surface area contributed by atoms with Crippen LogP contribution in [0.4, 0.5) is 11.8 Å². The highest BCUT2D eigenvalue weighted by molar-refractivity contribution is 6.31. The van der Waals surface area contributed by atoms with Crippen molar-refractivity contribution in [2.75, 3.05) is 23.7 Å². The quantitative estimate of drug-likeness (QED) is 0.303. The molecule has 2 atom stereocenters. The molecule has 0 spiro atoms. The molecule has 0 saturated heterocycles. The lowest BCUT2D eigenvalue weighted by Gasteiger charge is -2.61. The highest BCUT2D eigenvalue weighted by Crippen LogP contribution is 2.60. The third-order valence-electron chi connectivity index (χ3n) is 11.4. The van der Waals surface area contributed by atoms with Crippen molar-refractivity contribution in [2.45, 2.75) is 88.8 Å². The summed E-state index contributed by atoms with van der Waals surface area (Å²) in [6.07, 6.45) is 14.7. The summed E-state index contributed by atoms with van der Waals surface area (Å²) in [5, 5.41) is 32.1. The molecule has 7 saturated carbocycles. The zero-order valence-electron chi connectivity index (χ0n) is 23.3. The van der Waals surface area contributed by atoms with E-state index >= 15 is 0 Å². The lowest BCUT2D eigenvalue weighted by atomic mass is 9.47. The number of aromatic nitrogens is 2. The van der Waals surface area contributed by atoms with Gasteiger partial charge in [0.15, 0.2) is 0 Å². The molecule has 1 aromatic carbocycles. The Bertz CT molecular complexity index is 1270. The summed E-state index contributed by atoms with van der Waals surface area (Å²) < 4.78 is 0. The maximum Gasteiger partial charge on any atom is 0.224 e. The van der Waals surface area contributed by atoms with Crippen LogP contribution in [0.15, 0.2) is 30.5 Å². The first-order valence-corrected chi connectivity index (χ1v) is 15.7. The van der Waals surface area contributed by atoms with Crippen LogP contribution in [0, 0.1) is 39.9 Å². The van der Waals surface area contributed by atoms with Gasteiger partial charge in [0.1, 0.15) is 17.5 Å². The topological polar surface area (TPSA) is 106 Å². The van der Waals surface area contributed by atoms with Crippen LogP contribution in [0.1, 0.15) is 81.8 Å². The monoisotopic (exact) mass is 560 g/mol. The van der Waals surface area contributed by atoms with Gasteiger partial charge in [0, 0.05) is 30.7 Å². The molecule has 40 heavy (non-hydrogen) atoms. The van der Waals surface area contributed by atoms with Gasteiger partial charge in [-0.15, -0.1) is 0 Å². The number of nitriles is 1. The van der Waals surface area contributed by atoms with Gasteiger partial charge in [-0.3, -0.25) is 0 Å². The molecule has 2 aromatic rings. The van der Waals surface area contributed by atoms with Gasteiger partial charge < -0.3 is 21.1 Å². The number of nitrogens with zero attached hydrogens (tertiary/aromatic N) is 3. The molecule has 0 amide bonds. The Hall–Kier alpha value is -2.40. The van der Waals surface area contributed by atoms with Crippen molar-refractivity contribution in [1.29, 1.82) is 5.26 Å². The second kappa shape index (κ2) is 10.2. The van der Waals surface area contributed by atoms with Crippen LogP contribution in [0.3, 0.4) is 0 Å². The minimum atomic E-state index is -0.356. The van der Waals surface area contributed by atoms with Crippen molar-refractivity contribution in [3.63, 3.8) is 0 Å². The highest BCUT2D eigenvalue weighted by atomic mass is 35.5. The maximum atomic E-state index is 10.6. The Morgan fingerprint density at radius 1 is 0.950 bits per heavy atom. The molecular weight excluding hydrogens is 520 g/mol. The van der Waals surface area contributed by atoms with Gasteiger partial charge in [0.2, 0.25) is 5.95 Å². The lowest BCUT2D eigenvalue weighted by molar-refractivity contribution is -0.101. The summed E-state index contributed by atoms with van der Waals surface area (Å²) in [7, 11) is 0. The number of hydrogen-bond donors (Lipinski definition) is 4. The minimum Gasteiger partial charge on any atom is -0.390 e. The van der Waals surface area contributed by atoms with Crippen molar-refractivity contribution in [1.82, 2.24) is 15.3 Å². The van der Waals surface area contributed by atoms with E-state index in [1.54, 1.807) is 6.20 Å². The zero-order valence-corrected chi connectivity index (χ0v) is 24.0. The largest absolute Gasteiger partial charge is 0.390 e. The molecular formula is C32H41ClN6O. The predicted molar refractivity (Wildman–Crippen MR) is 157 cm³/mol. The van der Waals surface area contributed by atoms with E-state index < -0.39 is 0 Å². The van der Waals surface area contributed by atoms with Crippen LogP contribution in [0.2, 0.25) is 5.02 Å². The molecule has 212 valence electrons. The first-order chi connectivity index (χ1) is 19.4. The van der Waals surface area contributed by atoms with Crippen LogP contribution >= 0.6 is 11.6 Å². The van der Waals surface area contributed by atoms with E-state index in [0.717, 1.165) is 55.7 Å². The Morgan fingerprint density at radius 3 is 2.38 bits per heavy atom. The van der Waals surface area contributed by atoms with E-state index in [1.807, 2.05) is 24.3 Å². The first kappa shape index (κ1) is 26.5. The summed E-state index contributed by atoms with van der Waals surface area (Å²) in [6.45, 7) is 2.52.